The quantitative estimate of drug-likeness (QED) is 0.594. The van der Waals surface area contributed by atoms with E-state index in [-0.39, 0.29) is 23.6 Å². The molecule has 0 fully saturated rings. The molecule has 1 aliphatic rings. The summed E-state index contributed by atoms with van der Waals surface area (Å²) in [6.45, 7) is 0. The molecule has 1 amide bonds. The van der Waals surface area contributed by atoms with E-state index >= 15 is 0 Å². The summed E-state index contributed by atoms with van der Waals surface area (Å²) in [5.74, 6) is -0.639. The van der Waals surface area contributed by atoms with Gasteiger partial charge in [0.15, 0.2) is 6.04 Å². The molecule has 0 aliphatic carbocycles. The molecule has 146 valence electrons. The van der Waals surface area contributed by atoms with Crippen LogP contribution in [-0.4, -0.2) is 27.0 Å². The average molecular weight is 408 g/mol. The molecule has 10 heteroatoms. The number of amides is 1. The van der Waals surface area contributed by atoms with Crippen LogP contribution in [-0.2, 0) is 0 Å². The predicted octanol–water partition coefficient (Wildman–Crippen LogP) is 4.56. The van der Waals surface area contributed by atoms with Gasteiger partial charge in [0.2, 0.25) is 0 Å². The smallest absolute Gasteiger partial charge is 0.410 e. The fourth-order valence-corrected chi connectivity index (χ4v) is 3.98. The van der Waals surface area contributed by atoms with E-state index in [4.69, 9.17) is 0 Å². The summed E-state index contributed by atoms with van der Waals surface area (Å²) in [6, 6.07) is 7.01. The Morgan fingerprint density at radius 3 is 2.82 bits per heavy atom. The maximum absolute atomic E-state index is 13.6. The first-order valence-electron chi connectivity index (χ1n) is 8.37. The Kier molecular flexibility index (Phi) is 4.50. The van der Waals surface area contributed by atoms with Gasteiger partial charge in [-0.3, -0.25) is 4.79 Å². The molecule has 4 rings (SSSR count). The lowest BCUT2D eigenvalue weighted by Crippen LogP contribution is -2.36. The van der Waals surface area contributed by atoms with Gasteiger partial charge in [-0.05, 0) is 23.6 Å². The first kappa shape index (κ1) is 18.4. The lowest BCUT2D eigenvalue weighted by Gasteiger charge is -2.33. The van der Waals surface area contributed by atoms with E-state index in [0.717, 1.165) is 15.8 Å². The summed E-state index contributed by atoms with van der Waals surface area (Å²) >= 11 is 1.35. The minimum absolute atomic E-state index is 0.00107. The fraction of sp³-hybridized carbons (Fsp3) is 0.222. The molecule has 3 heterocycles. The number of benzene rings is 1. The minimum Gasteiger partial charge on any atom is -0.508 e. The average Bonchev–Trinajstić information content (AvgIpc) is 3.29. The fourth-order valence-electron chi connectivity index (χ4n) is 3.19. The monoisotopic (exact) mass is 408 g/mol. The highest BCUT2D eigenvalue weighted by molar-refractivity contribution is 7.10. The molecule has 3 N–H and O–H groups in total. The Labute approximate surface area is 161 Å². The van der Waals surface area contributed by atoms with E-state index in [9.17, 15) is 23.1 Å². The lowest BCUT2D eigenvalue weighted by molar-refractivity contribution is -0.173. The van der Waals surface area contributed by atoms with Gasteiger partial charge in [-0.2, -0.15) is 18.3 Å². The number of anilines is 2. The van der Waals surface area contributed by atoms with Gasteiger partial charge < -0.3 is 15.7 Å². The largest absolute Gasteiger partial charge is 0.508 e. The van der Waals surface area contributed by atoms with E-state index in [0.29, 0.717) is 5.69 Å². The number of phenolic OH excluding ortho intramolecular Hbond substituents is 1. The number of aromatic hydroxyl groups is 1. The number of rotatable bonds is 3. The Morgan fingerprint density at radius 1 is 1.32 bits per heavy atom. The first-order chi connectivity index (χ1) is 13.3. The summed E-state index contributed by atoms with van der Waals surface area (Å²) in [5, 5.41) is 20.7. The van der Waals surface area contributed by atoms with Crippen molar-refractivity contribution < 1.29 is 23.1 Å². The maximum Gasteiger partial charge on any atom is 0.410 e. The third-order valence-corrected chi connectivity index (χ3v) is 5.46. The second-order valence-corrected chi connectivity index (χ2v) is 7.34. The Hall–Kier alpha value is -3.01. The highest BCUT2D eigenvalue weighted by Crippen LogP contribution is 2.45. The van der Waals surface area contributed by atoms with Crippen molar-refractivity contribution in [3.63, 3.8) is 0 Å². The number of thiophene rings is 1. The Bertz CT molecular complexity index is 1000. The number of nitrogens with zero attached hydrogens (tertiary/aromatic N) is 2. The Morgan fingerprint density at radius 2 is 2.14 bits per heavy atom. The summed E-state index contributed by atoms with van der Waals surface area (Å²) in [7, 11) is 0. The predicted molar refractivity (Wildman–Crippen MR) is 98.7 cm³/mol. The van der Waals surface area contributed by atoms with Crippen LogP contribution in [0, 0.1) is 0 Å². The number of nitrogens with one attached hydrogen (secondary N) is 2. The van der Waals surface area contributed by atoms with Gasteiger partial charge in [-0.1, -0.05) is 12.1 Å². The van der Waals surface area contributed by atoms with Crippen molar-refractivity contribution in [2.24, 2.45) is 0 Å². The zero-order valence-electron chi connectivity index (χ0n) is 14.3. The van der Waals surface area contributed by atoms with Crippen molar-refractivity contribution >= 4 is 28.7 Å². The molecule has 0 spiro atoms. The third kappa shape index (κ3) is 3.42. The van der Waals surface area contributed by atoms with E-state index in [1.165, 1.54) is 23.5 Å². The SMILES string of the molecule is O=C(Nc1cccc(O)c1)c1cnn2c1N[C@@H](c1cccs1)C[C@@H]2C(F)(F)F. The van der Waals surface area contributed by atoms with Gasteiger partial charge in [0.1, 0.15) is 17.1 Å². The van der Waals surface area contributed by atoms with Crippen LogP contribution in [0.2, 0.25) is 0 Å². The van der Waals surface area contributed by atoms with E-state index in [2.05, 4.69) is 15.7 Å². The van der Waals surface area contributed by atoms with Gasteiger partial charge in [-0.25, -0.2) is 4.68 Å². The molecule has 0 unspecified atom stereocenters. The molecule has 0 bridgehead atoms. The lowest BCUT2D eigenvalue weighted by atomic mass is 10.0. The summed E-state index contributed by atoms with van der Waals surface area (Å²) < 4.78 is 41.7. The number of aromatic nitrogens is 2. The van der Waals surface area contributed by atoms with Crippen molar-refractivity contribution in [2.45, 2.75) is 24.7 Å². The van der Waals surface area contributed by atoms with Crippen molar-refractivity contribution in [2.75, 3.05) is 10.6 Å². The number of hydrogen-bond donors (Lipinski definition) is 3. The van der Waals surface area contributed by atoms with Gasteiger partial charge >= 0.3 is 6.18 Å². The molecule has 6 nitrogen and oxygen atoms in total. The number of fused-ring (bicyclic) bond motifs is 1. The topological polar surface area (TPSA) is 79.2 Å². The highest BCUT2D eigenvalue weighted by Gasteiger charge is 2.47. The number of hydrogen-bond acceptors (Lipinski definition) is 5. The highest BCUT2D eigenvalue weighted by atomic mass is 32.1. The van der Waals surface area contributed by atoms with Crippen LogP contribution in [0.4, 0.5) is 24.7 Å². The Balaban J connectivity index is 1.68. The molecular formula is C18H15F3N4O2S. The van der Waals surface area contributed by atoms with E-state index in [1.807, 2.05) is 0 Å². The number of carbonyl (C=O) groups excluding carboxylic acids is 1. The molecule has 2 aromatic heterocycles. The van der Waals surface area contributed by atoms with Gasteiger partial charge in [0.25, 0.3) is 5.91 Å². The molecule has 0 saturated carbocycles. The standard InChI is InChI=1S/C18H15F3N4O2S/c19-18(20,21)15-8-13(14-5-2-6-28-14)24-16-12(9-22-25(15)16)17(27)23-10-3-1-4-11(26)7-10/h1-7,9,13,15,24,26H,8H2,(H,23,27)/t13-,15-/m1/s1. The van der Waals surface area contributed by atoms with Gasteiger partial charge in [0, 0.05) is 23.1 Å². The van der Waals surface area contributed by atoms with Gasteiger partial charge in [0.05, 0.1) is 12.2 Å². The molecule has 1 aliphatic heterocycles. The second-order valence-electron chi connectivity index (χ2n) is 6.36. The zero-order chi connectivity index (χ0) is 19.9. The third-order valence-electron chi connectivity index (χ3n) is 4.47. The molecule has 1 aromatic carbocycles. The summed E-state index contributed by atoms with van der Waals surface area (Å²) in [4.78, 5) is 13.4. The van der Waals surface area contributed by atoms with Crippen molar-refractivity contribution in [3.05, 3.63) is 58.4 Å². The van der Waals surface area contributed by atoms with Crippen molar-refractivity contribution in [3.8, 4) is 5.75 Å². The molecule has 0 radical (unpaired) electrons. The molecular weight excluding hydrogens is 393 g/mol. The van der Waals surface area contributed by atoms with Crippen LogP contribution in [0.3, 0.4) is 0 Å². The van der Waals surface area contributed by atoms with Gasteiger partial charge in [-0.15, -0.1) is 11.3 Å². The van der Waals surface area contributed by atoms with Crippen LogP contribution in [0.5, 0.6) is 5.75 Å². The number of phenols is 1. The van der Waals surface area contributed by atoms with Crippen LogP contribution < -0.4 is 10.6 Å². The summed E-state index contributed by atoms with van der Waals surface area (Å²) in [6.07, 6.45) is -3.60. The number of halogens is 3. The van der Waals surface area contributed by atoms with Crippen LogP contribution >= 0.6 is 11.3 Å². The summed E-state index contributed by atoms with van der Waals surface area (Å²) in [5.41, 5.74) is 0.321. The minimum atomic E-state index is -4.50. The van der Waals surface area contributed by atoms with Crippen molar-refractivity contribution in [1.82, 2.24) is 9.78 Å². The van der Waals surface area contributed by atoms with E-state index < -0.39 is 24.2 Å². The molecule has 3 aromatic rings. The van der Waals surface area contributed by atoms with Crippen LogP contribution in [0.25, 0.3) is 0 Å². The molecule has 28 heavy (non-hydrogen) atoms. The normalized spacial score (nSPS) is 19.0. The first-order valence-corrected chi connectivity index (χ1v) is 9.25. The van der Waals surface area contributed by atoms with Crippen LogP contribution in [0.1, 0.15) is 33.7 Å². The number of carbonyl (C=O) groups is 1. The number of alkyl halides is 3. The maximum atomic E-state index is 13.6. The molecule has 0 saturated heterocycles. The zero-order valence-corrected chi connectivity index (χ0v) is 15.1. The second kappa shape index (κ2) is 6.86. The van der Waals surface area contributed by atoms with E-state index in [1.54, 1.807) is 29.6 Å². The van der Waals surface area contributed by atoms with Crippen molar-refractivity contribution in [1.29, 1.82) is 0 Å². The molecule has 2 atom stereocenters. The van der Waals surface area contributed by atoms with Crippen LogP contribution in [0.15, 0.2) is 48.0 Å².